The van der Waals surface area contributed by atoms with Crippen molar-refractivity contribution in [2.24, 2.45) is 0 Å². The SMILES string of the molecule is COc1ccc(-c2nc(SCCC(=O)Nc3ccc(Br)cc3F)[nH]c2-c2ccc(OC)cc2)cc1. The van der Waals surface area contributed by atoms with Crippen LogP contribution >= 0.6 is 27.7 Å². The number of thioether (sulfide) groups is 1. The van der Waals surface area contributed by atoms with Gasteiger partial charge in [-0.3, -0.25) is 4.79 Å². The molecular weight excluding hydrogens is 533 g/mol. The maximum atomic E-state index is 14.0. The van der Waals surface area contributed by atoms with Gasteiger partial charge in [-0.05, 0) is 66.7 Å². The van der Waals surface area contributed by atoms with E-state index in [-0.39, 0.29) is 18.0 Å². The maximum Gasteiger partial charge on any atom is 0.225 e. The lowest BCUT2D eigenvalue weighted by Gasteiger charge is -2.06. The second-order valence-corrected chi connectivity index (χ2v) is 9.49. The van der Waals surface area contributed by atoms with Gasteiger partial charge in [-0.15, -0.1) is 0 Å². The van der Waals surface area contributed by atoms with Crippen molar-refractivity contribution in [1.29, 1.82) is 0 Å². The zero-order valence-electron chi connectivity index (χ0n) is 19.1. The van der Waals surface area contributed by atoms with Gasteiger partial charge in [0.25, 0.3) is 0 Å². The lowest BCUT2D eigenvalue weighted by molar-refractivity contribution is -0.115. The van der Waals surface area contributed by atoms with Crippen LogP contribution in [0.25, 0.3) is 22.5 Å². The number of aromatic amines is 1. The van der Waals surface area contributed by atoms with E-state index in [0.29, 0.717) is 15.4 Å². The van der Waals surface area contributed by atoms with Crippen molar-refractivity contribution in [1.82, 2.24) is 9.97 Å². The minimum absolute atomic E-state index is 0.157. The Labute approximate surface area is 215 Å². The summed E-state index contributed by atoms with van der Waals surface area (Å²) in [4.78, 5) is 20.5. The average molecular weight is 556 g/mol. The maximum absolute atomic E-state index is 14.0. The van der Waals surface area contributed by atoms with Crippen molar-refractivity contribution >= 4 is 39.3 Å². The number of ether oxygens (including phenoxy) is 2. The fourth-order valence-electron chi connectivity index (χ4n) is 3.39. The van der Waals surface area contributed by atoms with E-state index in [2.05, 4.69) is 26.2 Å². The van der Waals surface area contributed by atoms with Crippen LogP contribution in [0.5, 0.6) is 11.5 Å². The van der Waals surface area contributed by atoms with Crippen LogP contribution in [0, 0.1) is 5.82 Å². The van der Waals surface area contributed by atoms with Crippen LogP contribution in [0.4, 0.5) is 10.1 Å². The van der Waals surface area contributed by atoms with Gasteiger partial charge in [0.1, 0.15) is 17.3 Å². The topological polar surface area (TPSA) is 76.2 Å². The number of rotatable bonds is 9. The standard InChI is InChI=1S/C26H23BrFN3O3S/c1-33-19-8-3-16(4-9-19)24-25(17-5-10-20(34-2)11-6-17)31-26(30-24)35-14-13-23(32)29-22-12-7-18(27)15-21(22)28/h3-12,15H,13-14H2,1-2H3,(H,29,32)(H,30,31). The predicted molar refractivity (Wildman–Crippen MR) is 141 cm³/mol. The molecule has 35 heavy (non-hydrogen) atoms. The quantitative estimate of drug-likeness (QED) is 0.222. The zero-order chi connectivity index (χ0) is 24.8. The fourth-order valence-corrected chi connectivity index (χ4v) is 4.53. The summed E-state index contributed by atoms with van der Waals surface area (Å²) in [6, 6.07) is 19.9. The van der Waals surface area contributed by atoms with Gasteiger partial charge < -0.3 is 19.8 Å². The number of imidazole rings is 1. The first-order valence-corrected chi connectivity index (χ1v) is 12.5. The minimum atomic E-state index is -0.486. The molecule has 0 aliphatic rings. The highest BCUT2D eigenvalue weighted by Crippen LogP contribution is 2.34. The molecule has 0 unspecified atom stereocenters. The molecule has 0 saturated heterocycles. The Morgan fingerprint density at radius 1 is 1.00 bits per heavy atom. The Bertz CT molecular complexity index is 1250. The van der Waals surface area contributed by atoms with Gasteiger partial charge >= 0.3 is 0 Å². The third kappa shape index (κ3) is 6.23. The molecule has 3 aromatic carbocycles. The molecule has 1 amide bonds. The third-order valence-corrected chi connectivity index (χ3v) is 6.57. The Morgan fingerprint density at radius 2 is 1.63 bits per heavy atom. The van der Waals surface area contributed by atoms with E-state index in [9.17, 15) is 9.18 Å². The molecule has 1 heterocycles. The number of methoxy groups -OCH3 is 2. The second-order valence-electron chi connectivity index (χ2n) is 7.49. The number of amides is 1. The van der Waals surface area contributed by atoms with Crippen LogP contribution in [0.1, 0.15) is 6.42 Å². The van der Waals surface area contributed by atoms with E-state index in [4.69, 9.17) is 14.5 Å². The first-order chi connectivity index (χ1) is 17.0. The number of nitrogens with one attached hydrogen (secondary N) is 2. The number of anilines is 1. The van der Waals surface area contributed by atoms with Crippen LogP contribution in [0.15, 0.2) is 76.4 Å². The van der Waals surface area contributed by atoms with Crippen molar-refractivity contribution in [2.75, 3.05) is 25.3 Å². The van der Waals surface area contributed by atoms with Gasteiger partial charge in [0.2, 0.25) is 5.91 Å². The van der Waals surface area contributed by atoms with E-state index < -0.39 is 5.82 Å². The molecule has 6 nitrogen and oxygen atoms in total. The molecule has 0 aliphatic carbocycles. The van der Waals surface area contributed by atoms with E-state index in [1.807, 2.05) is 48.5 Å². The molecule has 4 aromatic rings. The largest absolute Gasteiger partial charge is 0.497 e. The molecule has 0 saturated carbocycles. The lowest BCUT2D eigenvalue weighted by atomic mass is 10.0. The zero-order valence-corrected chi connectivity index (χ0v) is 21.5. The highest BCUT2D eigenvalue weighted by Gasteiger charge is 2.16. The molecule has 0 atom stereocenters. The number of benzene rings is 3. The van der Waals surface area contributed by atoms with Gasteiger partial charge in [-0.1, -0.05) is 27.7 Å². The van der Waals surface area contributed by atoms with Crippen molar-refractivity contribution in [3.8, 4) is 34.0 Å². The van der Waals surface area contributed by atoms with Crippen LogP contribution in [-0.2, 0) is 4.79 Å². The fraction of sp³-hybridized carbons (Fsp3) is 0.154. The van der Waals surface area contributed by atoms with Crippen molar-refractivity contribution in [3.05, 3.63) is 77.0 Å². The van der Waals surface area contributed by atoms with Crippen molar-refractivity contribution in [3.63, 3.8) is 0 Å². The van der Waals surface area contributed by atoms with E-state index in [1.54, 1.807) is 20.3 Å². The van der Waals surface area contributed by atoms with Crippen LogP contribution in [0.2, 0.25) is 0 Å². The summed E-state index contributed by atoms with van der Waals surface area (Å²) in [5.41, 5.74) is 3.70. The summed E-state index contributed by atoms with van der Waals surface area (Å²) in [7, 11) is 3.26. The number of aromatic nitrogens is 2. The van der Waals surface area contributed by atoms with Gasteiger partial charge in [0.15, 0.2) is 5.16 Å². The van der Waals surface area contributed by atoms with Gasteiger partial charge in [-0.25, -0.2) is 9.37 Å². The average Bonchev–Trinajstić information content (AvgIpc) is 3.30. The molecule has 4 rings (SSSR count). The molecule has 0 fully saturated rings. The highest BCUT2D eigenvalue weighted by atomic mass is 79.9. The summed E-state index contributed by atoms with van der Waals surface area (Å²) in [5.74, 6) is 1.25. The highest BCUT2D eigenvalue weighted by molar-refractivity contribution is 9.10. The van der Waals surface area contributed by atoms with Crippen LogP contribution < -0.4 is 14.8 Å². The number of carbonyl (C=O) groups excluding carboxylic acids is 1. The number of carbonyl (C=O) groups is 1. The first kappa shape index (κ1) is 24.8. The van der Waals surface area contributed by atoms with Crippen molar-refractivity contribution < 1.29 is 18.7 Å². The molecule has 0 radical (unpaired) electrons. The Hall–Kier alpha value is -3.30. The third-order valence-electron chi connectivity index (χ3n) is 5.20. The molecule has 0 bridgehead atoms. The molecule has 180 valence electrons. The number of hydrogen-bond acceptors (Lipinski definition) is 5. The van der Waals surface area contributed by atoms with E-state index in [0.717, 1.165) is 34.0 Å². The smallest absolute Gasteiger partial charge is 0.225 e. The number of halogens is 2. The number of hydrogen-bond donors (Lipinski definition) is 2. The molecular formula is C26H23BrFN3O3S. The van der Waals surface area contributed by atoms with Gasteiger partial charge in [-0.2, -0.15) is 0 Å². The summed E-state index contributed by atoms with van der Waals surface area (Å²) in [5, 5.41) is 3.30. The normalized spacial score (nSPS) is 10.7. The van der Waals surface area contributed by atoms with E-state index in [1.165, 1.54) is 23.9 Å². The molecule has 9 heteroatoms. The van der Waals surface area contributed by atoms with Gasteiger partial charge in [0.05, 0.1) is 31.3 Å². The minimum Gasteiger partial charge on any atom is -0.497 e. The molecule has 0 aliphatic heterocycles. The summed E-state index contributed by atoms with van der Waals surface area (Å²) in [6.45, 7) is 0. The molecule has 2 N–H and O–H groups in total. The van der Waals surface area contributed by atoms with Gasteiger partial charge in [0, 0.05) is 27.8 Å². The summed E-state index contributed by atoms with van der Waals surface area (Å²) >= 11 is 4.63. The van der Waals surface area contributed by atoms with E-state index >= 15 is 0 Å². The lowest BCUT2D eigenvalue weighted by Crippen LogP contribution is -2.13. The number of H-pyrrole nitrogens is 1. The molecule has 0 spiro atoms. The van der Waals surface area contributed by atoms with Crippen molar-refractivity contribution in [2.45, 2.75) is 11.6 Å². The Kier molecular flexibility index (Phi) is 8.09. The monoisotopic (exact) mass is 555 g/mol. The second kappa shape index (κ2) is 11.4. The summed E-state index contributed by atoms with van der Waals surface area (Å²) < 4.78 is 25.1. The Morgan fingerprint density at radius 3 is 2.23 bits per heavy atom. The van der Waals surface area contributed by atoms with Crippen LogP contribution in [0.3, 0.4) is 0 Å². The summed E-state index contributed by atoms with van der Waals surface area (Å²) in [6.07, 6.45) is 0.205. The van der Waals surface area contributed by atoms with Crippen LogP contribution in [-0.4, -0.2) is 35.8 Å². The predicted octanol–water partition coefficient (Wildman–Crippen LogP) is 6.78. The molecule has 1 aromatic heterocycles. The number of nitrogens with zero attached hydrogens (tertiary/aromatic N) is 1. The first-order valence-electron chi connectivity index (χ1n) is 10.7. The Balaban J connectivity index is 1.50.